The molecule has 0 spiro atoms. The van der Waals surface area contributed by atoms with Gasteiger partial charge in [0.1, 0.15) is 0 Å². The van der Waals surface area contributed by atoms with Gasteiger partial charge in [-0.15, -0.1) is 0 Å². The third kappa shape index (κ3) is 6.23. The molecular weight excluding hydrogens is 222 g/mol. The number of hydrogen-bond acceptors (Lipinski definition) is 4. The van der Waals surface area contributed by atoms with Gasteiger partial charge in [0.05, 0.1) is 13.1 Å². The van der Waals surface area contributed by atoms with E-state index in [9.17, 15) is 9.59 Å². The van der Waals surface area contributed by atoms with Crippen LogP contribution in [0.5, 0.6) is 0 Å². The fourth-order valence-corrected chi connectivity index (χ4v) is 1.93. The lowest BCUT2D eigenvalue weighted by atomic mass is 10.2. The normalized spacial score (nSPS) is 17.8. The van der Waals surface area contributed by atoms with Gasteiger partial charge in [0.15, 0.2) is 0 Å². The number of rotatable bonds is 5. The van der Waals surface area contributed by atoms with Crippen molar-refractivity contribution in [2.45, 2.75) is 25.7 Å². The molecule has 2 N–H and O–H groups in total. The molecule has 1 saturated heterocycles. The Labute approximate surface area is 102 Å². The number of hydrazine groups is 1. The van der Waals surface area contributed by atoms with Gasteiger partial charge in [-0.3, -0.25) is 19.9 Å². The molecule has 6 heteroatoms. The third-order valence-corrected chi connectivity index (χ3v) is 2.71. The van der Waals surface area contributed by atoms with E-state index < -0.39 is 5.97 Å². The summed E-state index contributed by atoms with van der Waals surface area (Å²) in [6, 6.07) is 0. The zero-order chi connectivity index (χ0) is 12.7. The molecule has 0 saturated carbocycles. The molecular formula is C11H21N3O3. The van der Waals surface area contributed by atoms with Crippen molar-refractivity contribution in [1.82, 2.24) is 15.3 Å². The SMILES string of the molecule is CN(CC(=O)O)CC(=O)NN1CCCCCC1. The van der Waals surface area contributed by atoms with E-state index in [1.807, 2.05) is 5.01 Å². The Bertz CT molecular complexity index is 263. The van der Waals surface area contributed by atoms with Crippen LogP contribution < -0.4 is 5.43 Å². The lowest BCUT2D eigenvalue weighted by Gasteiger charge is -2.22. The molecule has 0 aliphatic carbocycles. The highest BCUT2D eigenvalue weighted by Gasteiger charge is 2.14. The second kappa shape index (κ2) is 7.24. The monoisotopic (exact) mass is 243 g/mol. The molecule has 1 rings (SSSR count). The zero-order valence-electron chi connectivity index (χ0n) is 10.3. The number of aliphatic carboxylic acids is 1. The van der Waals surface area contributed by atoms with E-state index in [-0.39, 0.29) is 19.0 Å². The number of carboxylic acids is 1. The maximum atomic E-state index is 11.6. The van der Waals surface area contributed by atoms with Gasteiger partial charge < -0.3 is 5.11 Å². The molecule has 6 nitrogen and oxygen atoms in total. The average molecular weight is 243 g/mol. The van der Waals surface area contributed by atoms with Gasteiger partial charge in [-0.2, -0.15) is 0 Å². The largest absolute Gasteiger partial charge is 0.480 e. The number of carboxylic acid groups (broad SMARTS) is 1. The van der Waals surface area contributed by atoms with Gasteiger partial charge >= 0.3 is 5.97 Å². The molecule has 0 radical (unpaired) electrons. The van der Waals surface area contributed by atoms with Crippen molar-refractivity contribution in [2.24, 2.45) is 0 Å². The fraction of sp³-hybridized carbons (Fsp3) is 0.818. The maximum Gasteiger partial charge on any atom is 0.317 e. The highest BCUT2D eigenvalue weighted by molar-refractivity contribution is 5.78. The van der Waals surface area contributed by atoms with Crippen LogP contribution in [0, 0.1) is 0 Å². The molecule has 1 fully saturated rings. The molecule has 1 amide bonds. The van der Waals surface area contributed by atoms with Crippen LogP contribution in [0.3, 0.4) is 0 Å². The first-order chi connectivity index (χ1) is 8.08. The zero-order valence-corrected chi connectivity index (χ0v) is 10.3. The molecule has 0 aromatic heterocycles. The fourth-order valence-electron chi connectivity index (χ4n) is 1.93. The molecule has 1 aliphatic heterocycles. The van der Waals surface area contributed by atoms with E-state index in [2.05, 4.69) is 5.43 Å². The van der Waals surface area contributed by atoms with Crippen LogP contribution in [-0.2, 0) is 9.59 Å². The Kier molecular flexibility index (Phi) is 5.93. The van der Waals surface area contributed by atoms with Crippen molar-refractivity contribution in [2.75, 3.05) is 33.2 Å². The van der Waals surface area contributed by atoms with Crippen molar-refractivity contribution >= 4 is 11.9 Å². The van der Waals surface area contributed by atoms with Crippen LogP contribution in [-0.4, -0.2) is 60.1 Å². The molecule has 98 valence electrons. The number of hydrogen-bond donors (Lipinski definition) is 2. The Morgan fingerprint density at radius 1 is 1.18 bits per heavy atom. The van der Waals surface area contributed by atoms with Crippen LogP contribution in [0.1, 0.15) is 25.7 Å². The summed E-state index contributed by atoms with van der Waals surface area (Å²) in [7, 11) is 1.62. The molecule has 0 aromatic carbocycles. The summed E-state index contributed by atoms with van der Waals surface area (Å²) in [4.78, 5) is 23.6. The van der Waals surface area contributed by atoms with Crippen LogP contribution in [0.25, 0.3) is 0 Å². The van der Waals surface area contributed by atoms with Crippen LogP contribution in [0.2, 0.25) is 0 Å². The van der Waals surface area contributed by atoms with Gasteiger partial charge in [-0.05, 0) is 19.9 Å². The minimum absolute atomic E-state index is 0.114. The van der Waals surface area contributed by atoms with E-state index in [0.717, 1.165) is 25.9 Å². The molecule has 1 heterocycles. The van der Waals surface area contributed by atoms with Gasteiger partial charge in [0, 0.05) is 13.1 Å². The smallest absolute Gasteiger partial charge is 0.317 e. The highest BCUT2D eigenvalue weighted by Crippen LogP contribution is 2.07. The molecule has 0 atom stereocenters. The Morgan fingerprint density at radius 3 is 2.29 bits per heavy atom. The number of carbonyl (C=O) groups excluding carboxylic acids is 1. The lowest BCUT2D eigenvalue weighted by Crippen LogP contribution is -2.47. The minimum Gasteiger partial charge on any atom is -0.480 e. The molecule has 17 heavy (non-hydrogen) atoms. The van der Waals surface area contributed by atoms with E-state index in [1.165, 1.54) is 17.7 Å². The van der Waals surface area contributed by atoms with E-state index >= 15 is 0 Å². The van der Waals surface area contributed by atoms with E-state index in [0.29, 0.717) is 0 Å². The van der Waals surface area contributed by atoms with Crippen molar-refractivity contribution in [1.29, 1.82) is 0 Å². The van der Waals surface area contributed by atoms with Crippen LogP contribution in [0.4, 0.5) is 0 Å². The minimum atomic E-state index is -0.921. The van der Waals surface area contributed by atoms with Crippen molar-refractivity contribution in [3.05, 3.63) is 0 Å². The average Bonchev–Trinajstić information content (AvgIpc) is 2.44. The molecule has 0 unspecified atom stereocenters. The van der Waals surface area contributed by atoms with Gasteiger partial charge in [0.2, 0.25) is 5.91 Å². The summed E-state index contributed by atoms with van der Waals surface area (Å²) in [5, 5.41) is 10.5. The number of carbonyl (C=O) groups is 2. The van der Waals surface area contributed by atoms with Crippen molar-refractivity contribution < 1.29 is 14.7 Å². The first-order valence-corrected chi connectivity index (χ1v) is 6.02. The standard InChI is InChI=1S/C11H21N3O3/c1-13(9-11(16)17)8-10(15)12-14-6-4-2-3-5-7-14/h2-9H2,1H3,(H,12,15)(H,16,17). The van der Waals surface area contributed by atoms with E-state index in [1.54, 1.807) is 7.05 Å². The maximum absolute atomic E-state index is 11.6. The van der Waals surface area contributed by atoms with E-state index in [4.69, 9.17) is 5.11 Å². The summed E-state index contributed by atoms with van der Waals surface area (Å²) in [5.74, 6) is -1.06. The first-order valence-electron chi connectivity index (χ1n) is 6.02. The summed E-state index contributed by atoms with van der Waals surface area (Å²) in [5.41, 5.74) is 2.82. The van der Waals surface area contributed by atoms with Gasteiger partial charge in [-0.1, -0.05) is 12.8 Å². The van der Waals surface area contributed by atoms with Crippen LogP contribution >= 0.6 is 0 Å². The quantitative estimate of drug-likeness (QED) is 0.706. The summed E-state index contributed by atoms with van der Waals surface area (Å²) in [6.07, 6.45) is 4.63. The Hall–Kier alpha value is -1.14. The number of nitrogens with zero attached hydrogens (tertiary/aromatic N) is 2. The molecule has 0 aromatic rings. The number of amides is 1. The summed E-state index contributed by atoms with van der Waals surface area (Å²) < 4.78 is 0. The summed E-state index contributed by atoms with van der Waals surface area (Å²) >= 11 is 0. The van der Waals surface area contributed by atoms with Crippen molar-refractivity contribution in [3.8, 4) is 0 Å². The Balaban J connectivity index is 2.25. The lowest BCUT2D eigenvalue weighted by molar-refractivity contribution is -0.138. The number of likely N-dealkylation sites (N-methyl/N-ethyl adjacent to an activating group) is 1. The Morgan fingerprint density at radius 2 is 1.76 bits per heavy atom. The third-order valence-electron chi connectivity index (χ3n) is 2.71. The topological polar surface area (TPSA) is 72.9 Å². The predicted molar refractivity (Wildman–Crippen MR) is 63.3 cm³/mol. The predicted octanol–water partition coefficient (Wildman–Crippen LogP) is -0.0900. The second-order valence-corrected chi connectivity index (χ2v) is 4.50. The molecule has 1 aliphatic rings. The van der Waals surface area contributed by atoms with Gasteiger partial charge in [-0.25, -0.2) is 5.01 Å². The summed E-state index contributed by atoms with van der Waals surface area (Å²) in [6.45, 7) is 1.76. The first kappa shape index (κ1) is 13.9. The van der Waals surface area contributed by atoms with Gasteiger partial charge in [0.25, 0.3) is 0 Å². The van der Waals surface area contributed by atoms with Crippen LogP contribution in [0.15, 0.2) is 0 Å². The van der Waals surface area contributed by atoms with Crippen molar-refractivity contribution in [3.63, 3.8) is 0 Å². The highest BCUT2D eigenvalue weighted by atomic mass is 16.4. The second-order valence-electron chi connectivity index (χ2n) is 4.50. The number of nitrogens with one attached hydrogen (secondary N) is 1. The molecule has 0 bridgehead atoms.